The number of carbonyl (C=O) groups is 1. The molecule has 2 bridgehead atoms. The first kappa shape index (κ1) is 9.70. The molecule has 16 heavy (non-hydrogen) atoms. The molecule has 2 heterocycles. The summed E-state index contributed by atoms with van der Waals surface area (Å²) in [4.78, 5) is 13.8. The number of fused-ring (bicyclic) bond motifs is 2. The summed E-state index contributed by atoms with van der Waals surface area (Å²) in [6.45, 7) is 1.42. The van der Waals surface area contributed by atoms with Gasteiger partial charge in [-0.05, 0) is 24.8 Å². The molecule has 0 spiro atoms. The molecule has 1 saturated carbocycles. The number of phenolic OH excluding ortho intramolecular Hbond substituents is 1. The molecule has 3 heteroatoms. The molecule has 3 nitrogen and oxygen atoms in total. The highest BCUT2D eigenvalue weighted by atomic mass is 16.3. The third-order valence-corrected chi connectivity index (χ3v) is 3.73. The zero-order valence-electron chi connectivity index (χ0n) is 9.10. The van der Waals surface area contributed by atoms with Gasteiger partial charge in [-0.2, -0.15) is 0 Å². The Kier molecular flexibility index (Phi) is 2.13. The quantitative estimate of drug-likeness (QED) is 0.820. The molecule has 3 aliphatic rings. The van der Waals surface area contributed by atoms with Crippen molar-refractivity contribution in [3.8, 4) is 5.75 Å². The second-order valence-corrected chi connectivity index (χ2v) is 4.88. The summed E-state index contributed by atoms with van der Waals surface area (Å²) in [5.74, 6) is 1.53. The minimum Gasteiger partial charge on any atom is -0.508 e. The Labute approximate surface area is 94.7 Å². The van der Waals surface area contributed by atoms with E-state index in [9.17, 15) is 9.90 Å². The van der Waals surface area contributed by atoms with E-state index in [0.717, 1.165) is 24.9 Å². The molecule has 4 rings (SSSR count). The van der Waals surface area contributed by atoms with Crippen LogP contribution in [0.5, 0.6) is 5.75 Å². The van der Waals surface area contributed by atoms with E-state index in [4.69, 9.17) is 0 Å². The zero-order chi connectivity index (χ0) is 11.1. The third-order valence-electron chi connectivity index (χ3n) is 3.73. The Morgan fingerprint density at radius 3 is 2.75 bits per heavy atom. The minimum absolute atomic E-state index is 0.268. The third kappa shape index (κ3) is 1.47. The number of aromatic hydroxyl groups is 1. The van der Waals surface area contributed by atoms with Gasteiger partial charge in [0.25, 0.3) is 0 Å². The van der Waals surface area contributed by atoms with Crippen LogP contribution in [-0.2, 0) is 11.3 Å². The van der Waals surface area contributed by atoms with Gasteiger partial charge in [-0.15, -0.1) is 0 Å². The second kappa shape index (κ2) is 3.51. The van der Waals surface area contributed by atoms with Gasteiger partial charge in [0, 0.05) is 24.6 Å². The predicted octanol–water partition coefficient (Wildman–Crippen LogP) is 1.76. The van der Waals surface area contributed by atoms with Crippen molar-refractivity contribution in [3.05, 3.63) is 29.8 Å². The summed E-state index contributed by atoms with van der Waals surface area (Å²) in [6.07, 6.45) is 2.16. The number of piperidine rings is 2. The van der Waals surface area contributed by atoms with E-state index in [1.165, 1.54) is 0 Å². The molecule has 0 aromatic heterocycles. The molecular weight excluding hydrogens is 202 g/mol. The number of rotatable bonds is 2. The Bertz CT molecular complexity index is 424. The fourth-order valence-corrected chi connectivity index (χ4v) is 2.74. The Balaban J connectivity index is 1.75. The molecule has 1 aliphatic carbocycles. The molecule has 1 aromatic rings. The molecule has 2 saturated heterocycles. The lowest BCUT2D eigenvalue weighted by atomic mass is 9.70. The van der Waals surface area contributed by atoms with E-state index < -0.39 is 0 Å². The van der Waals surface area contributed by atoms with Crippen LogP contribution in [0.25, 0.3) is 0 Å². The van der Waals surface area contributed by atoms with Gasteiger partial charge >= 0.3 is 0 Å². The molecule has 1 aromatic carbocycles. The summed E-state index contributed by atoms with van der Waals surface area (Å²) in [5.41, 5.74) is 0.845. The van der Waals surface area contributed by atoms with Crippen molar-refractivity contribution in [1.29, 1.82) is 0 Å². The number of para-hydroxylation sites is 1. The van der Waals surface area contributed by atoms with E-state index in [-0.39, 0.29) is 17.6 Å². The maximum atomic E-state index is 11.9. The van der Waals surface area contributed by atoms with E-state index in [0.29, 0.717) is 12.5 Å². The molecule has 2 aliphatic heterocycles. The second-order valence-electron chi connectivity index (χ2n) is 4.88. The van der Waals surface area contributed by atoms with Crippen LogP contribution < -0.4 is 0 Å². The van der Waals surface area contributed by atoms with Crippen LogP contribution in [-0.4, -0.2) is 22.5 Å². The molecule has 0 unspecified atom stereocenters. The van der Waals surface area contributed by atoms with E-state index in [1.807, 2.05) is 17.0 Å². The first-order valence-corrected chi connectivity index (χ1v) is 5.79. The standard InChI is InChI=1S/C13H15NO2/c15-12-4-2-1-3-10(12)8-14-7-9-5-11(6-9)13(14)16/h1-4,9,11,15H,5-8H2. The number of benzene rings is 1. The number of phenols is 1. The first-order chi connectivity index (χ1) is 7.74. The SMILES string of the molecule is O=C1C2CC(C2)CN1Cc1ccccc1O. The van der Waals surface area contributed by atoms with Crippen molar-refractivity contribution in [2.45, 2.75) is 19.4 Å². The lowest BCUT2D eigenvalue weighted by Gasteiger charge is -2.46. The Morgan fingerprint density at radius 2 is 2.06 bits per heavy atom. The number of amides is 1. The average Bonchev–Trinajstić information content (AvgIpc) is 2.22. The normalized spacial score (nSPS) is 27.8. The maximum absolute atomic E-state index is 11.9. The Hall–Kier alpha value is -1.51. The molecular formula is C13H15NO2. The monoisotopic (exact) mass is 217 g/mol. The van der Waals surface area contributed by atoms with Crippen LogP contribution >= 0.6 is 0 Å². The number of nitrogens with zero attached hydrogens (tertiary/aromatic N) is 1. The summed E-state index contributed by atoms with van der Waals surface area (Å²) >= 11 is 0. The highest BCUT2D eigenvalue weighted by Crippen LogP contribution is 2.41. The fraction of sp³-hybridized carbons (Fsp3) is 0.462. The lowest BCUT2D eigenvalue weighted by molar-refractivity contribution is -0.149. The van der Waals surface area contributed by atoms with Crippen LogP contribution in [0.2, 0.25) is 0 Å². The zero-order valence-corrected chi connectivity index (χ0v) is 9.10. The minimum atomic E-state index is 0.268. The first-order valence-electron chi connectivity index (χ1n) is 5.79. The average molecular weight is 217 g/mol. The van der Waals surface area contributed by atoms with Crippen LogP contribution in [0.4, 0.5) is 0 Å². The number of hydrogen-bond acceptors (Lipinski definition) is 2. The topological polar surface area (TPSA) is 40.5 Å². The highest BCUT2D eigenvalue weighted by Gasteiger charge is 2.43. The molecule has 3 fully saturated rings. The summed E-state index contributed by atoms with van der Waals surface area (Å²) in [7, 11) is 0. The van der Waals surface area contributed by atoms with Crippen molar-refractivity contribution in [2.24, 2.45) is 11.8 Å². The number of carbonyl (C=O) groups excluding carboxylic acids is 1. The Morgan fingerprint density at radius 1 is 1.31 bits per heavy atom. The van der Waals surface area contributed by atoms with Crippen molar-refractivity contribution in [3.63, 3.8) is 0 Å². The molecule has 0 atom stereocenters. The van der Waals surface area contributed by atoms with Gasteiger partial charge < -0.3 is 10.0 Å². The van der Waals surface area contributed by atoms with Gasteiger partial charge in [0.2, 0.25) is 5.91 Å². The van der Waals surface area contributed by atoms with Crippen LogP contribution in [0.1, 0.15) is 18.4 Å². The van der Waals surface area contributed by atoms with Gasteiger partial charge in [0.05, 0.1) is 0 Å². The van der Waals surface area contributed by atoms with E-state index in [1.54, 1.807) is 12.1 Å². The van der Waals surface area contributed by atoms with Crippen molar-refractivity contribution < 1.29 is 9.90 Å². The number of hydrogen-bond donors (Lipinski definition) is 1. The predicted molar refractivity (Wildman–Crippen MR) is 59.7 cm³/mol. The van der Waals surface area contributed by atoms with Gasteiger partial charge in [0.15, 0.2) is 0 Å². The fourth-order valence-electron chi connectivity index (χ4n) is 2.74. The van der Waals surface area contributed by atoms with Gasteiger partial charge in [0.1, 0.15) is 5.75 Å². The van der Waals surface area contributed by atoms with E-state index in [2.05, 4.69) is 0 Å². The largest absolute Gasteiger partial charge is 0.508 e. The van der Waals surface area contributed by atoms with Gasteiger partial charge in [-0.1, -0.05) is 18.2 Å². The summed E-state index contributed by atoms with van der Waals surface area (Å²) in [5, 5.41) is 9.67. The van der Waals surface area contributed by atoms with Crippen molar-refractivity contribution in [1.82, 2.24) is 4.90 Å². The van der Waals surface area contributed by atoms with Gasteiger partial charge in [-0.25, -0.2) is 0 Å². The van der Waals surface area contributed by atoms with Crippen molar-refractivity contribution in [2.75, 3.05) is 6.54 Å². The van der Waals surface area contributed by atoms with Gasteiger partial charge in [-0.3, -0.25) is 4.79 Å². The van der Waals surface area contributed by atoms with Crippen LogP contribution in [0.15, 0.2) is 24.3 Å². The van der Waals surface area contributed by atoms with E-state index >= 15 is 0 Å². The highest BCUT2D eigenvalue weighted by molar-refractivity contribution is 5.81. The lowest BCUT2D eigenvalue weighted by Crippen LogP contribution is -2.52. The summed E-state index contributed by atoms with van der Waals surface area (Å²) in [6, 6.07) is 7.24. The van der Waals surface area contributed by atoms with Crippen LogP contribution in [0, 0.1) is 11.8 Å². The molecule has 0 radical (unpaired) electrons. The summed E-state index contributed by atoms with van der Waals surface area (Å²) < 4.78 is 0. The van der Waals surface area contributed by atoms with Crippen LogP contribution in [0.3, 0.4) is 0 Å². The maximum Gasteiger partial charge on any atom is 0.226 e. The molecule has 84 valence electrons. The smallest absolute Gasteiger partial charge is 0.226 e. The molecule has 1 amide bonds. The molecule has 1 N–H and O–H groups in total. The van der Waals surface area contributed by atoms with Crippen molar-refractivity contribution >= 4 is 5.91 Å².